The monoisotopic (exact) mass is 369 g/mol. The molecule has 0 aliphatic carbocycles. The quantitative estimate of drug-likeness (QED) is 0.808. The summed E-state index contributed by atoms with van der Waals surface area (Å²) in [6, 6.07) is 10.2. The number of nitrogens with one attached hydrogen (secondary N) is 1. The zero-order chi connectivity index (χ0) is 17.5. The van der Waals surface area contributed by atoms with Crippen LogP contribution in [0, 0.1) is 0 Å². The first-order chi connectivity index (χ1) is 11.5. The maximum atomic E-state index is 11.9. The number of halogens is 2. The average molecular weight is 370 g/mol. The van der Waals surface area contributed by atoms with E-state index in [1.807, 2.05) is 12.1 Å². The number of methoxy groups -OCH3 is 2. The van der Waals surface area contributed by atoms with Gasteiger partial charge in [0.25, 0.3) is 5.91 Å². The number of hydrogen-bond donors (Lipinski definition) is 1. The van der Waals surface area contributed by atoms with E-state index in [1.54, 1.807) is 38.5 Å². The van der Waals surface area contributed by atoms with Gasteiger partial charge in [0.05, 0.1) is 24.3 Å². The van der Waals surface area contributed by atoms with Crippen LogP contribution in [0.15, 0.2) is 36.4 Å². The molecule has 2 aromatic rings. The van der Waals surface area contributed by atoms with Gasteiger partial charge in [-0.1, -0.05) is 23.2 Å². The molecule has 7 heteroatoms. The largest absolute Gasteiger partial charge is 0.497 e. The molecule has 0 bridgehead atoms. The normalized spacial score (nSPS) is 10.2. The Morgan fingerprint density at radius 3 is 2.21 bits per heavy atom. The summed E-state index contributed by atoms with van der Waals surface area (Å²) in [5, 5.41) is 3.57. The van der Waals surface area contributed by atoms with E-state index in [0.29, 0.717) is 33.8 Å². The lowest BCUT2D eigenvalue weighted by atomic mass is 10.2. The first-order valence-corrected chi connectivity index (χ1v) is 7.84. The third-order valence-corrected chi connectivity index (χ3v) is 3.90. The molecule has 0 saturated carbocycles. The summed E-state index contributed by atoms with van der Waals surface area (Å²) in [5.74, 6) is 1.53. The van der Waals surface area contributed by atoms with Crippen molar-refractivity contribution in [3.05, 3.63) is 52.0 Å². The minimum atomic E-state index is -0.261. The van der Waals surface area contributed by atoms with Crippen molar-refractivity contribution >= 4 is 29.1 Å². The van der Waals surface area contributed by atoms with Gasteiger partial charge < -0.3 is 19.5 Å². The lowest BCUT2D eigenvalue weighted by Gasteiger charge is -2.10. The molecule has 24 heavy (non-hydrogen) atoms. The summed E-state index contributed by atoms with van der Waals surface area (Å²) in [6.45, 7) is 0.205. The lowest BCUT2D eigenvalue weighted by molar-refractivity contribution is -0.123. The van der Waals surface area contributed by atoms with Crippen LogP contribution in [0.5, 0.6) is 17.2 Å². The molecule has 0 aromatic heterocycles. The van der Waals surface area contributed by atoms with Crippen molar-refractivity contribution in [1.82, 2.24) is 5.32 Å². The van der Waals surface area contributed by atoms with Gasteiger partial charge in [-0.05, 0) is 29.8 Å². The Morgan fingerprint density at radius 2 is 1.62 bits per heavy atom. The lowest BCUT2D eigenvalue weighted by Crippen LogP contribution is -2.28. The number of benzene rings is 2. The standard InChI is InChI=1S/C17H17Cl2NO4/c1-22-13-5-11(6-14(7-13)23-2)9-20-17(21)10-24-12-3-4-15(18)16(19)8-12/h3-8H,9-10H2,1-2H3,(H,20,21). The van der Waals surface area contributed by atoms with Crippen LogP contribution in [0.4, 0.5) is 0 Å². The number of ether oxygens (including phenoxy) is 3. The van der Waals surface area contributed by atoms with Crippen LogP contribution in [0.25, 0.3) is 0 Å². The fourth-order valence-corrected chi connectivity index (χ4v) is 2.22. The Bertz CT molecular complexity index is 699. The summed E-state index contributed by atoms with van der Waals surface area (Å²) < 4.78 is 15.8. The van der Waals surface area contributed by atoms with Crippen molar-refractivity contribution in [3.8, 4) is 17.2 Å². The summed E-state index contributed by atoms with van der Waals surface area (Å²) in [6.07, 6.45) is 0. The molecule has 0 aliphatic rings. The molecule has 0 unspecified atom stereocenters. The van der Waals surface area contributed by atoms with Crippen molar-refractivity contribution in [3.63, 3.8) is 0 Å². The van der Waals surface area contributed by atoms with Gasteiger partial charge in [0, 0.05) is 18.7 Å². The molecule has 0 heterocycles. The minimum absolute atomic E-state index is 0.126. The number of rotatable bonds is 7. The van der Waals surface area contributed by atoms with Gasteiger partial charge in [0.1, 0.15) is 17.2 Å². The van der Waals surface area contributed by atoms with Crippen molar-refractivity contribution < 1.29 is 19.0 Å². The first kappa shape index (κ1) is 18.2. The molecule has 0 saturated heterocycles. The highest BCUT2D eigenvalue weighted by molar-refractivity contribution is 6.42. The molecule has 128 valence electrons. The van der Waals surface area contributed by atoms with E-state index < -0.39 is 0 Å². The Hall–Kier alpha value is -2.11. The Balaban J connectivity index is 1.87. The third-order valence-electron chi connectivity index (χ3n) is 3.16. The molecule has 1 N–H and O–H groups in total. The predicted molar refractivity (Wildman–Crippen MR) is 93.3 cm³/mol. The van der Waals surface area contributed by atoms with Crippen LogP contribution < -0.4 is 19.5 Å². The van der Waals surface area contributed by atoms with Gasteiger partial charge in [0.2, 0.25) is 0 Å². The number of hydrogen-bond acceptors (Lipinski definition) is 4. The summed E-state index contributed by atoms with van der Waals surface area (Å²) >= 11 is 11.7. The molecular formula is C17H17Cl2NO4. The van der Waals surface area contributed by atoms with E-state index >= 15 is 0 Å². The molecule has 0 atom stereocenters. The zero-order valence-corrected chi connectivity index (χ0v) is 14.8. The molecule has 0 radical (unpaired) electrons. The van der Waals surface area contributed by atoms with Crippen molar-refractivity contribution in [2.45, 2.75) is 6.54 Å². The van der Waals surface area contributed by atoms with Crippen LogP contribution in [-0.4, -0.2) is 26.7 Å². The second kappa shape index (κ2) is 8.66. The minimum Gasteiger partial charge on any atom is -0.497 e. The highest BCUT2D eigenvalue weighted by Crippen LogP contribution is 2.26. The average Bonchev–Trinajstić information content (AvgIpc) is 2.60. The van der Waals surface area contributed by atoms with Crippen LogP contribution in [0.1, 0.15) is 5.56 Å². The zero-order valence-electron chi connectivity index (χ0n) is 13.3. The maximum absolute atomic E-state index is 11.9. The molecule has 0 aliphatic heterocycles. The predicted octanol–water partition coefficient (Wildman–Crippen LogP) is 3.71. The highest BCUT2D eigenvalue weighted by Gasteiger charge is 2.07. The molecule has 5 nitrogen and oxygen atoms in total. The summed E-state index contributed by atoms with van der Waals surface area (Å²) in [4.78, 5) is 11.9. The van der Waals surface area contributed by atoms with E-state index in [4.69, 9.17) is 37.4 Å². The fraction of sp³-hybridized carbons (Fsp3) is 0.235. The van der Waals surface area contributed by atoms with Gasteiger partial charge in [-0.25, -0.2) is 0 Å². The number of amides is 1. The molecule has 0 spiro atoms. The smallest absolute Gasteiger partial charge is 0.258 e. The topological polar surface area (TPSA) is 56.8 Å². The second-order valence-electron chi connectivity index (χ2n) is 4.86. The molecule has 2 aromatic carbocycles. The maximum Gasteiger partial charge on any atom is 0.258 e. The Morgan fingerprint density at radius 1 is 0.958 bits per heavy atom. The van der Waals surface area contributed by atoms with Crippen LogP contribution >= 0.6 is 23.2 Å². The van der Waals surface area contributed by atoms with Gasteiger partial charge in [-0.2, -0.15) is 0 Å². The van der Waals surface area contributed by atoms with Gasteiger partial charge in [-0.3, -0.25) is 4.79 Å². The Kier molecular flexibility index (Phi) is 6.58. The molecule has 2 rings (SSSR count). The van der Waals surface area contributed by atoms with Gasteiger partial charge in [0.15, 0.2) is 6.61 Å². The van der Waals surface area contributed by atoms with Crippen LogP contribution in [0.2, 0.25) is 10.0 Å². The van der Waals surface area contributed by atoms with Gasteiger partial charge >= 0.3 is 0 Å². The number of carbonyl (C=O) groups excluding carboxylic acids is 1. The van der Waals surface area contributed by atoms with Crippen LogP contribution in [0.3, 0.4) is 0 Å². The fourth-order valence-electron chi connectivity index (χ4n) is 1.94. The van der Waals surface area contributed by atoms with E-state index in [0.717, 1.165) is 5.56 Å². The Labute approximate surface area is 150 Å². The molecule has 1 amide bonds. The van der Waals surface area contributed by atoms with Gasteiger partial charge in [-0.15, -0.1) is 0 Å². The van der Waals surface area contributed by atoms with E-state index in [-0.39, 0.29) is 12.5 Å². The van der Waals surface area contributed by atoms with E-state index in [9.17, 15) is 4.79 Å². The first-order valence-electron chi connectivity index (χ1n) is 7.08. The summed E-state index contributed by atoms with van der Waals surface area (Å²) in [7, 11) is 3.14. The summed E-state index contributed by atoms with van der Waals surface area (Å²) in [5.41, 5.74) is 0.856. The number of carbonyl (C=O) groups is 1. The van der Waals surface area contributed by atoms with Crippen molar-refractivity contribution in [2.24, 2.45) is 0 Å². The molecule has 0 fully saturated rings. The second-order valence-corrected chi connectivity index (χ2v) is 5.68. The van der Waals surface area contributed by atoms with Crippen LogP contribution in [-0.2, 0) is 11.3 Å². The van der Waals surface area contributed by atoms with Crippen molar-refractivity contribution in [2.75, 3.05) is 20.8 Å². The third kappa shape index (κ3) is 5.22. The molecular weight excluding hydrogens is 353 g/mol. The van der Waals surface area contributed by atoms with E-state index in [2.05, 4.69) is 5.32 Å². The SMILES string of the molecule is COc1cc(CNC(=O)COc2ccc(Cl)c(Cl)c2)cc(OC)c1. The van der Waals surface area contributed by atoms with E-state index in [1.165, 1.54) is 0 Å². The highest BCUT2D eigenvalue weighted by atomic mass is 35.5. The van der Waals surface area contributed by atoms with Crippen molar-refractivity contribution in [1.29, 1.82) is 0 Å².